The molecule has 88 valence electrons. The van der Waals surface area contributed by atoms with Gasteiger partial charge in [-0.1, -0.05) is 12.1 Å². The van der Waals surface area contributed by atoms with E-state index in [9.17, 15) is 17.6 Å². The van der Waals surface area contributed by atoms with Crippen LogP contribution in [0, 0.1) is 0 Å². The maximum absolute atomic E-state index is 12.9. The van der Waals surface area contributed by atoms with E-state index in [2.05, 4.69) is 0 Å². The third-order valence-electron chi connectivity index (χ3n) is 2.03. The summed E-state index contributed by atoms with van der Waals surface area (Å²) >= 11 is 0. The van der Waals surface area contributed by atoms with Crippen LogP contribution in [0.2, 0.25) is 0 Å². The molecule has 0 spiro atoms. The number of alkyl halides is 4. The highest BCUT2D eigenvalue weighted by Gasteiger charge is 2.28. The molecule has 0 amide bonds. The number of halogens is 4. The lowest BCUT2D eigenvalue weighted by Gasteiger charge is -2.14. The van der Waals surface area contributed by atoms with E-state index in [4.69, 9.17) is 10.0 Å². The summed E-state index contributed by atoms with van der Waals surface area (Å²) in [6.07, 6.45) is -2.94. The fourth-order valence-electron chi connectivity index (χ4n) is 1.21. The summed E-state index contributed by atoms with van der Waals surface area (Å²) in [5, 5.41) is 17.6. The van der Waals surface area contributed by atoms with Gasteiger partial charge in [0.1, 0.15) is 0 Å². The number of benzene rings is 1. The second kappa shape index (κ2) is 4.43. The molecule has 0 aliphatic carbocycles. The van der Waals surface area contributed by atoms with Crippen LogP contribution in [0.3, 0.4) is 0 Å². The maximum atomic E-state index is 12.9. The van der Waals surface area contributed by atoms with Crippen LogP contribution >= 0.6 is 0 Å². The minimum absolute atomic E-state index is 0.380. The molecule has 0 bridgehead atoms. The van der Waals surface area contributed by atoms with Gasteiger partial charge in [-0.3, -0.25) is 0 Å². The molecule has 0 fully saturated rings. The average molecular weight is 236 g/mol. The molecule has 0 aliphatic rings. The molecule has 0 atom stereocenters. The molecule has 0 unspecified atom stereocenters. The summed E-state index contributed by atoms with van der Waals surface area (Å²) in [6, 6.07) is 2.22. The molecule has 2 N–H and O–H groups in total. The highest BCUT2D eigenvalue weighted by Crippen LogP contribution is 2.29. The first-order chi connectivity index (χ1) is 7.21. The molecule has 0 saturated carbocycles. The van der Waals surface area contributed by atoms with E-state index in [1.54, 1.807) is 0 Å². The number of rotatable bonds is 3. The molecule has 1 aromatic carbocycles. The van der Waals surface area contributed by atoms with E-state index >= 15 is 0 Å². The van der Waals surface area contributed by atoms with Crippen LogP contribution in [-0.4, -0.2) is 17.2 Å². The Hall–Kier alpha value is -1.08. The van der Waals surface area contributed by atoms with Gasteiger partial charge in [0.2, 0.25) is 0 Å². The van der Waals surface area contributed by atoms with Gasteiger partial charge in [0.25, 0.3) is 12.3 Å². The van der Waals surface area contributed by atoms with Crippen LogP contribution in [0.1, 0.15) is 24.5 Å². The van der Waals surface area contributed by atoms with E-state index in [-0.39, 0.29) is 5.46 Å². The van der Waals surface area contributed by atoms with E-state index in [0.29, 0.717) is 13.0 Å². The molecule has 0 aromatic heterocycles. The minimum atomic E-state index is -3.31. The van der Waals surface area contributed by atoms with Crippen LogP contribution in [0.5, 0.6) is 0 Å². The van der Waals surface area contributed by atoms with Gasteiger partial charge in [-0.25, -0.2) is 17.6 Å². The van der Waals surface area contributed by atoms with Gasteiger partial charge in [0, 0.05) is 18.1 Å². The smallest absolute Gasteiger partial charge is 0.423 e. The third kappa shape index (κ3) is 2.96. The van der Waals surface area contributed by atoms with Gasteiger partial charge in [0.15, 0.2) is 0 Å². The third-order valence-corrected chi connectivity index (χ3v) is 2.03. The zero-order chi connectivity index (χ0) is 12.5. The largest absolute Gasteiger partial charge is 0.488 e. The predicted molar refractivity (Wildman–Crippen MR) is 50.8 cm³/mol. The summed E-state index contributed by atoms with van der Waals surface area (Å²) in [6.45, 7) is 0.547. The highest BCUT2D eigenvalue weighted by molar-refractivity contribution is 6.58. The van der Waals surface area contributed by atoms with Crippen LogP contribution in [-0.2, 0) is 5.92 Å². The van der Waals surface area contributed by atoms with Crippen molar-refractivity contribution in [3.8, 4) is 0 Å². The molecular weight excluding hydrogens is 227 g/mol. The fraction of sp³-hybridized carbons (Fsp3) is 0.333. The Morgan fingerprint density at radius 2 is 1.75 bits per heavy atom. The van der Waals surface area contributed by atoms with E-state index in [0.717, 1.165) is 12.1 Å². The van der Waals surface area contributed by atoms with Crippen molar-refractivity contribution < 1.29 is 27.6 Å². The molecule has 0 aliphatic heterocycles. The van der Waals surface area contributed by atoms with Crippen molar-refractivity contribution in [3.05, 3.63) is 29.3 Å². The monoisotopic (exact) mass is 236 g/mol. The average Bonchev–Trinajstić information content (AvgIpc) is 2.15. The lowest BCUT2D eigenvalue weighted by molar-refractivity contribution is 0.0172. The quantitative estimate of drug-likeness (QED) is 0.615. The first-order valence-electron chi connectivity index (χ1n) is 4.39. The SMILES string of the molecule is CC(F)(F)c1cc(B(O)O)cc(C(F)F)c1. The topological polar surface area (TPSA) is 40.5 Å². The Balaban J connectivity index is 3.30. The molecule has 0 radical (unpaired) electrons. The van der Waals surface area contributed by atoms with Crippen LogP contribution in [0.4, 0.5) is 17.6 Å². The van der Waals surface area contributed by atoms with Gasteiger partial charge in [0.05, 0.1) is 0 Å². The van der Waals surface area contributed by atoms with Crippen LogP contribution < -0.4 is 5.46 Å². The van der Waals surface area contributed by atoms with Crippen LogP contribution in [0.25, 0.3) is 0 Å². The molecule has 2 nitrogen and oxygen atoms in total. The van der Waals surface area contributed by atoms with Gasteiger partial charge in [-0.15, -0.1) is 0 Å². The Morgan fingerprint density at radius 3 is 2.12 bits per heavy atom. The number of hydrogen-bond donors (Lipinski definition) is 2. The summed E-state index contributed by atoms with van der Waals surface area (Å²) < 4.78 is 50.6. The first-order valence-corrected chi connectivity index (χ1v) is 4.39. The van der Waals surface area contributed by atoms with Crippen molar-refractivity contribution in [3.63, 3.8) is 0 Å². The van der Waals surface area contributed by atoms with Crippen molar-refractivity contribution >= 4 is 12.6 Å². The van der Waals surface area contributed by atoms with Gasteiger partial charge in [-0.05, 0) is 11.5 Å². The van der Waals surface area contributed by atoms with E-state index in [1.165, 1.54) is 0 Å². The van der Waals surface area contributed by atoms with Crippen molar-refractivity contribution in [2.24, 2.45) is 0 Å². The first kappa shape index (κ1) is 13.0. The van der Waals surface area contributed by atoms with Gasteiger partial charge >= 0.3 is 7.12 Å². The standard InChI is InChI=1S/C9H9BF4O2/c1-9(13,14)6-2-5(8(11)12)3-7(4-6)10(15)16/h2-4,8,15-16H,1H3. The Bertz CT molecular complexity index is 350. The Morgan fingerprint density at radius 1 is 1.19 bits per heavy atom. The van der Waals surface area contributed by atoms with Crippen LogP contribution in [0.15, 0.2) is 18.2 Å². The van der Waals surface area contributed by atoms with Crippen molar-refractivity contribution in [1.29, 1.82) is 0 Å². The second-order valence-corrected chi connectivity index (χ2v) is 3.45. The van der Waals surface area contributed by atoms with E-state index in [1.807, 2.05) is 0 Å². The molecule has 0 heterocycles. The van der Waals surface area contributed by atoms with Crippen molar-refractivity contribution in [2.45, 2.75) is 19.3 Å². The maximum Gasteiger partial charge on any atom is 0.488 e. The summed E-state index contributed by atoms with van der Waals surface area (Å²) in [7, 11) is -2.06. The van der Waals surface area contributed by atoms with Gasteiger partial charge < -0.3 is 10.0 Å². The van der Waals surface area contributed by atoms with Crippen molar-refractivity contribution in [2.75, 3.05) is 0 Å². The minimum Gasteiger partial charge on any atom is -0.423 e. The normalized spacial score (nSPS) is 12.0. The molecule has 1 rings (SSSR count). The molecule has 0 saturated heterocycles. The zero-order valence-electron chi connectivity index (χ0n) is 8.29. The lowest BCUT2D eigenvalue weighted by atomic mass is 9.78. The summed E-state index contributed by atoms with van der Waals surface area (Å²) in [5.41, 5.74) is -1.72. The molecule has 1 aromatic rings. The zero-order valence-corrected chi connectivity index (χ0v) is 8.29. The highest BCUT2D eigenvalue weighted by atomic mass is 19.3. The van der Waals surface area contributed by atoms with Crippen molar-refractivity contribution in [1.82, 2.24) is 0 Å². The number of hydrogen-bond acceptors (Lipinski definition) is 2. The Labute approximate surface area is 89.7 Å². The molecule has 16 heavy (non-hydrogen) atoms. The molecule has 7 heteroatoms. The molecular formula is C9H9BF4O2. The lowest BCUT2D eigenvalue weighted by Crippen LogP contribution is -2.31. The fourth-order valence-corrected chi connectivity index (χ4v) is 1.21. The predicted octanol–water partition coefficient (Wildman–Crippen LogP) is 1.42. The Kier molecular flexibility index (Phi) is 3.59. The summed E-state index contributed by atoms with van der Waals surface area (Å²) in [5.74, 6) is -3.31. The summed E-state index contributed by atoms with van der Waals surface area (Å²) in [4.78, 5) is 0. The second-order valence-electron chi connectivity index (χ2n) is 3.45. The van der Waals surface area contributed by atoms with Gasteiger partial charge in [-0.2, -0.15) is 0 Å². The van der Waals surface area contributed by atoms with E-state index < -0.39 is 30.6 Å².